The fourth-order valence-corrected chi connectivity index (χ4v) is 8.99. The second-order valence-corrected chi connectivity index (χ2v) is 15.7. The van der Waals surface area contributed by atoms with Crippen molar-refractivity contribution in [1.29, 1.82) is 0 Å². The van der Waals surface area contributed by atoms with Crippen LogP contribution >= 0.6 is 0 Å². The molecule has 2 heterocycles. The molecule has 2 saturated heterocycles. The summed E-state index contributed by atoms with van der Waals surface area (Å²) in [5, 5.41) is 53.8. The molecule has 0 amide bonds. The lowest BCUT2D eigenvalue weighted by atomic mass is 9.78. The summed E-state index contributed by atoms with van der Waals surface area (Å²) in [6.07, 6.45) is -10.9. The molecule has 1 aromatic carbocycles. The van der Waals surface area contributed by atoms with E-state index in [0.29, 0.717) is 6.42 Å². The van der Waals surface area contributed by atoms with Gasteiger partial charge in [-0.05, 0) is 50.2 Å². The molecule has 3 saturated carbocycles. The van der Waals surface area contributed by atoms with Crippen LogP contribution in [0.2, 0.25) is 0 Å². The van der Waals surface area contributed by atoms with Gasteiger partial charge in [-0.25, -0.2) is 9.59 Å². The molecule has 6 rings (SSSR count). The zero-order chi connectivity index (χ0) is 39.6. The summed E-state index contributed by atoms with van der Waals surface area (Å²) < 4.78 is 47.8. The Labute approximate surface area is 320 Å². The first kappa shape index (κ1) is 41.9. The lowest BCUT2D eigenvalue weighted by Crippen LogP contribution is -2.64. The van der Waals surface area contributed by atoms with E-state index in [2.05, 4.69) is 0 Å². The molecule has 2 aliphatic heterocycles. The van der Waals surface area contributed by atoms with E-state index < -0.39 is 116 Å². The minimum absolute atomic E-state index is 0.00183. The zero-order valence-corrected chi connectivity index (χ0v) is 31.7. The number of methoxy groups -OCH3 is 2. The second-order valence-electron chi connectivity index (χ2n) is 15.7. The summed E-state index contributed by atoms with van der Waals surface area (Å²) in [5.41, 5.74) is -1.29. The smallest absolute Gasteiger partial charge is 0.338 e. The van der Waals surface area contributed by atoms with Crippen LogP contribution in [0.1, 0.15) is 75.6 Å². The summed E-state index contributed by atoms with van der Waals surface area (Å²) in [5.74, 6) is -3.13. The average molecular weight is 781 g/mol. The van der Waals surface area contributed by atoms with Crippen molar-refractivity contribution in [2.45, 2.75) is 144 Å². The number of hydrogen-bond acceptors (Lipinski definition) is 16. The van der Waals surface area contributed by atoms with E-state index in [1.807, 2.05) is 0 Å². The number of rotatable bonds is 12. The molecule has 3 aliphatic carbocycles. The van der Waals surface area contributed by atoms with Crippen LogP contribution < -0.4 is 0 Å². The Morgan fingerprint density at radius 1 is 0.800 bits per heavy atom. The van der Waals surface area contributed by atoms with E-state index >= 15 is 0 Å². The lowest BCUT2D eigenvalue weighted by Gasteiger charge is -2.48. The van der Waals surface area contributed by atoms with Gasteiger partial charge in [0.1, 0.15) is 36.6 Å². The number of carbonyl (C=O) groups excluding carboxylic acids is 3. The first-order chi connectivity index (χ1) is 26.3. The van der Waals surface area contributed by atoms with Crippen LogP contribution in [-0.2, 0) is 47.5 Å². The maximum Gasteiger partial charge on any atom is 0.338 e. The third kappa shape index (κ3) is 8.73. The second kappa shape index (κ2) is 17.8. The summed E-state index contributed by atoms with van der Waals surface area (Å²) in [4.78, 5) is 40.2. The first-order valence-corrected chi connectivity index (χ1v) is 19.4. The van der Waals surface area contributed by atoms with Crippen molar-refractivity contribution in [3.05, 3.63) is 35.9 Å². The minimum atomic E-state index is -1.64. The van der Waals surface area contributed by atoms with Gasteiger partial charge in [-0.3, -0.25) is 4.79 Å². The van der Waals surface area contributed by atoms with Gasteiger partial charge in [0.15, 0.2) is 24.3 Å². The molecule has 16 nitrogen and oxygen atoms in total. The fourth-order valence-electron chi connectivity index (χ4n) is 8.99. The standard InChI is InChI=1S/C39H56O16/c1-19-15-23(34(45)48-3)16-25(31(19)54-36-30(44)29(43)27(41)20(2)50-36)51-37-33(53-35(46)22-13-9-6-10-14-22)32(28(42)26(18-40)52-37)55-39(38(47)49-4)17-24(39)21-11-7-5-8-12-21/h6,9-10,13-14,19-21,23-33,36-37,40-44H,5,7-8,11-12,15-18H2,1-4H3. The number of aliphatic hydroxyl groups excluding tert-OH is 5. The van der Waals surface area contributed by atoms with Gasteiger partial charge >= 0.3 is 17.9 Å². The summed E-state index contributed by atoms with van der Waals surface area (Å²) in [6.45, 7) is 2.60. The third-order valence-electron chi connectivity index (χ3n) is 12.2. The highest BCUT2D eigenvalue weighted by atomic mass is 16.7. The fraction of sp³-hybridized carbons (Fsp3) is 0.769. The maximum atomic E-state index is 13.7. The quantitative estimate of drug-likeness (QED) is 0.147. The van der Waals surface area contributed by atoms with E-state index in [1.54, 1.807) is 25.1 Å². The zero-order valence-electron chi connectivity index (χ0n) is 31.7. The molecule has 0 spiro atoms. The number of aliphatic hydroxyl groups is 5. The van der Waals surface area contributed by atoms with Gasteiger partial charge in [0, 0.05) is 5.92 Å². The van der Waals surface area contributed by atoms with Crippen molar-refractivity contribution >= 4 is 17.9 Å². The molecule has 55 heavy (non-hydrogen) atoms. The molecule has 0 radical (unpaired) electrons. The van der Waals surface area contributed by atoms with Crippen molar-refractivity contribution < 1.29 is 77.8 Å². The van der Waals surface area contributed by atoms with Gasteiger partial charge in [-0.15, -0.1) is 0 Å². The van der Waals surface area contributed by atoms with Crippen molar-refractivity contribution in [2.75, 3.05) is 20.8 Å². The monoisotopic (exact) mass is 780 g/mol. The Morgan fingerprint density at radius 3 is 2.16 bits per heavy atom. The molecule has 5 fully saturated rings. The number of ether oxygens (including phenoxy) is 8. The average Bonchev–Trinajstić information content (AvgIpc) is 3.94. The van der Waals surface area contributed by atoms with Crippen LogP contribution in [-0.4, -0.2) is 143 Å². The van der Waals surface area contributed by atoms with E-state index in [-0.39, 0.29) is 30.2 Å². The van der Waals surface area contributed by atoms with Crippen LogP contribution in [0.5, 0.6) is 0 Å². The summed E-state index contributed by atoms with van der Waals surface area (Å²) in [7, 11) is 2.52. The van der Waals surface area contributed by atoms with Crippen LogP contribution in [0.25, 0.3) is 0 Å². The lowest BCUT2D eigenvalue weighted by molar-refractivity contribution is -0.350. The molecule has 0 bridgehead atoms. The van der Waals surface area contributed by atoms with E-state index in [9.17, 15) is 39.9 Å². The highest BCUT2D eigenvalue weighted by Crippen LogP contribution is 2.57. The van der Waals surface area contributed by atoms with E-state index in [0.717, 1.165) is 32.1 Å². The number of hydrogen-bond donors (Lipinski definition) is 5. The van der Waals surface area contributed by atoms with Crippen molar-refractivity contribution in [2.24, 2.45) is 23.7 Å². The van der Waals surface area contributed by atoms with Crippen molar-refractivity contribution in [1.82, 2.24) is 0 Å². The molecular weight excluding hydrogens is 724 g/mol. The van der Waals surface area contributed by atoms with Gasteiger partial charge < -0.3 is 63.4 Å². The molecule has 16 heteroatoms. The number of benzene rings is 1. The SMILES string of the molecule is COC(=O)C1CC(C)C(OC2OC(C)C(O)C(O)C2O)C(OC2OC(CO)C(O)C(OC3(C(=O)OC)CC3C3CCCCC3)C2OC(=O)c2ccccc2)C1. The van der Waals surface area contributed by atoms with Gasteiger partial charge in [0.05, 0.1) is 50.6 Å². The summed E-state index contributed by atoms with van der Waals surface area (Å²) >= 11 is 0. The van der Waals surface area contributed by atoms with Crippen molar-refractivity contribution in [3.63, 3.8) is 0 Å². The van der Waals surface area contributed by atoms with Gasteiger partial charge in [-0.2, -0.15) is 0 Å². The molecule has 5 aliphatic rings. The van der Waals surface area contributed by atoms with Gasteiger partial charge in [0.25, 0.3) is 0 Å². The number of esters is 3. The maximum absolute atomic E-state index is 13.7. The van der Waals surface area contributed by atoms with Gasteiger partial charge in [0.2, 0.25) is 0 Å². The molecule has 16 unspecified atom stereocenters. The predicted molar refractivity (Wildman–Crippen MR) is 188 cm³/mol. The normalized spacial score (nSPS) is 42.2. The van der Waals surface area contributed by atoms with Gasteiger partial charge in [-0.1, -0.05) is 57.2 Å². The van der Waals surface area contributed by atoms with Crippen molar-refractivity contribution in [3.8, 4) is 0 Å². The molecule has 1 aromatic rings. The largest absolute Gasteiger partial charge is 0.469 e. The Bertz CT molecular complexity index is 1460. The highest BCUT2D eigenvalue weighted by molar-refractivity contribution is 5.89. The third-order valence-corrected chi connectivity index (χ3v) is 12.2. The van der Waals surface area contributed by atoms with E-state index in [4.69, 9.17) is 37.9 Å². The topological polar surface area (TPSA) is 226 Å². The first-order valence-electron chi connectivity index (χ1n) is 19.4. The molecular formula is C39H56O16. The molecule has 16 atom stereocenters. The molecule has 0 aromatic heterocycles. The Hall–Kier alpha value is -2.77. The van der Waals surface area contributed by atoms with Crippen LogP contribution in [0, 0.1) is 23.7 Å². The minimum Gasteiger partial charge on any atom is -0.469 e. The van der Waals surface area contributed by atoms with Crippen LogP contribution in [0.4, 0.5) is 0 Å². The number of carbonyl (C=O) groups is 3. The summed E-state index contributed by atoms with van der Waals surface area (Å²) in [6, 6.07) is 8.09. The Kier molecular flexibility index (Phi) is 13.5. The van der Waals surface area contributed by atoms with Crippen LogP contribution in [0.15, 0.2) is 30.3 Å². The Balaban J connectivity index is 1.35. The predicted octanol–water partition coefficient (Wildman–Crippen LogP) is 1.00. The van der Waals surface area contributed by atoms with E-state index in [1.165, 1.54) is 33.3 Å². The molecule has 5 N–H and O–H groups in total. The highest BCUT2D eigenvalue weighted by Gasteiger charge is 2.68. The van der Waals surface area contributed by atoms with Crippen LogP contribution in [0.3, 0.4) is 0 Å². The molecule has 308 valence electrons. The Morgan fingerprint density at radius 2 is 1.51 bits per heavy atom.